The molecule has 0 aromatic carbocycles. The smallest absolute Gasteiger partial charge is 0.00935 e. The summed E-state index contributed by atoms with van der Waals surface area (Å²) in [5, 5.41) is 0. The molecule has 0 heteroatoms. The van der Waals surface area contributed by atoms with Crippen molar-refractivity contribution in [1.82, 2.24) is 0 Å². The van der Waals surface area contributed by atoms with Gasteiger partial charge in [0.2, 0.25) is 0 Å². The lowest BCUT2D eigenvalue weighted by atomic mass is 9.65. The van der Waals surface area contributed by atoms with E-state index in [1.165, 1.54) is 161 Å². The van der Waals surface area contributed by atoms with Gasteiger partial charge in [-0.2, -0.15) is 0 Å². The van der Waals surface area contributed by atoms with Gasteiger partial charge in [-0.15, -0.1) is 0 Å². The third-order valence-electron chi connectivity index (χ3n) is 8.58. The van der Waals surface area contributed by atoms with Crippen LogP contribution in [0.1, 0.15) is 174 Å². The fourth-order valence-electron chi connectivity index (χ4n) is 6.46. The minimum atomic E-state index is 0.451. The van der Waals surface area contributed by atoms with E-state index in [4.69, 9.17) is 0 Å². The predicted octanol–water partition coefficient (Wildman–Crippen LogP) is 12.2. The van der Waals surface area contributed by atoms with E-state index in [9.17, 15) is 0 Å². The third kappa shape index (κ3) is 11.8. The lowest BCUT2D eigenvalue weighted by Gasteiger charge is -2.40. The van der Waals surface area contributed by atoms with Crippen LogP contribution in [0.3, 0.4) is 0 Å². The number of hydrogen-bond acceptors (Lipinski definition) is 0. The number of rotatable bonds is 20. The zero-order valence-corrected chi connectivity index (χ0v) is 23.5. The monoisotopic (exact) mass is 468 g/mol. The van der Waals surface area contributed by atoms with E-state index in [1.807, 2.05) is 11.1 Å². The summed E-state index contributed by atoms with van der Waals surface area (Å²) in [6.07, 6.45) is 45.2. The number of allylic oxidation sites excluding steroid dienone is 6. The van der Waals surface area contributed by atoms with Crippen molar-refractivity contribution in [2.75, 3.05) is 0 Å². The average molecular weight is 469 g/mol. The molecule has 2 aliphatic carbocycles. The first-order valence-electron chi connectivity index (χ1n) is 15.9. The van der Waals surface area contributed by atoms with Crippen LogP contribution in [-0.4, -0.2) is 0 Å². The summed E-state index contributed by atoms with van der Waals surface area (Å²) in [7, 11) is 0. The van der Waals surface area contributed by atoms with E-state index in [0.29, 0.717) is 5.41 Å². The Kier molecular flexibility index (Phi) is 16.8. The second-order valence-corrected chi connectivity index (χ2v) is 11.5. The van der Waals surface area contributed by atoms with Crippen molar-refractivity contribution < 1.29 is 0 Å². The molecule has 0 N–H and O–H groups in total. The normalized spacial score (nSPS) is 21.1. The van der Waals surface area contributed by atoms with Crippen molar-refractivity contribution in [3.8, 4) is 0 Å². The Morgan fingerprint density at radius 2 is 1.29 bits per heavy atom. The summed E-state index contributed by atoms with van der Waals surface area (Å²) in [5.74, 6) is 0. The van der Waals surface area contributed by atoms with Crippen LogP contribution in [-0.2, 0) is 0 Å². The fourth-order valence-corrected chi connectivity index (χ4v) is 6.46. The van der Waals surface area contributed by atoms with Gasteiger partial charge in [0.15, 0.2) is 0 Å². The molecule has 0 aromatic rings. The van der Waals surface area contributed by atoms with Crippen molar-refractivity contribution in [2.24, 2.45) is 5.41 Å². The molecule has 0 aromatic heterocycles. The molecule has 2 aliphatic rings. The maximum Gasteiger partial charge on any atom is 0.00935 e. The topological polar surface area (TPSA) is 0 Å². The molecular weight excluding hydrogens is 408 g/mol. The largest absolute Gasteiger partial charge is 0.0885 e. The lowest BCUT2D eigenvalue weighted by Crippen LogP contribution is -2.26. The molecule has 0 amide bonds. The molecule has 196 valence electrons. The predicted molar refractivity (Wildman–Crippen MR) is 155 cm³/mol. The van der Waals surface area contributed by atoms with E-state index >= 15 is 0 Å². The zero-order valence-electron chi connectivity index (χ0n) is 23.5. The first-order chi connectivity index (χ1) is 16.8. The highest BCUT2D eigenvalue weighted by atomic mass is 14.4. The molecule has 1 atom stereocenters. The maximum absolute atomic E-state index is 2.66. The molecule has 1 unspecified atom stereocenters. The van der Waals surface area contributed by atoms with Crippen molar-refractivity contribution in [3.63, 3.8) is 0 Å². The first-order valence-corrected chi connectivity index (χ1v) is 15.9. The molecule has 0 aliphatic heterocycles. The quantitative estimate of drug-likeness (QED) is 0.123. The van der Waals surface area contributed by atoms with Gasteiger partial charge in [-0.25, -0.2) is 0 Å². The molecule has 0 bridgehead atoms. The van der Waals surface area contributed by atoms with Crippen LogP contribution < -0.4 is 0 Å². The molecular formula is C34H60. The van der Waals surface area contributed by atoms with Gasteiger partial charge < -0.3 is 0 Å². The molecule has 0 nitrogen and oxygen atoms in total. The first kappa shape index (κ1) is 29.5. The van der Waals surface area contributed by atoms with Crippen LogP contribution in [0.5, 0.6) is 0 Å². The zero-order chi connectivity index (χ0) is 24.2. The summed E-state index contributed by atoms with van der Waals surface area (Å²) in [4.78, 5) is 0. The van der Waals surface area contributed by atoms with Gasteiger partial charge in [-0.05, 0) is 89.9 Å². The Hall–Kier alpha value is -0.780. The Morgan fingerprint density at radius 3 is 1.94 bits per heavy atom. The minimum absolute atomic E-state index is 0.451. The Balaban J connectivity index is 1.58. The van der Waals surface area contributed by atoms with Crippen molar-refractivity contribution in [1.29, 1.82) is 0 Å². The molecule has 2 rings (SSSR count). The van der Waals surface area contributed by atoms with Crippen LogP contribution in [0, 0.1) is 5.41 Å². The second kappa shape index (κ2) is 19.4. The summed E-state index contributed by atoms with van der Waals surface area (Å²) in [5.41, 5.74) is 4.26. The minimum Gasteiger partial charge on any atom is -0.0885 e. The Morgan fingerprint density at radius 1 is 0.676 bits per heavy atom. The fraction of sp³-hybridized carbons (Fsp3) is 0.824. The maximum atomic E-state index is 2.66. The molecule has 0 saturated carbocycles. The summed E-state index contributed by atoms with van der Waals surface area (Å²) < 4.78 is 0. The van der Waals surface area contributed by atoms with Gasteiger partial charge in [-0.1, -0.05) is 120 Å². The van der Waals surface area contributed by atoms with Crippen LogP contribution in [0.4, 0.5) is 0 Å². The highest BCUT2D eigenvalue weighted by Crippen LogP contribution is 2.48. The van der Waals surface area contributed by atoms with Crippen LogP contribution in [0.2, 0.25) is 0 Å². The highest BCUT2D eigenvalue weighted by molar-refractivity contribution is 5.30. The molecule has 0 heterocycles. The van der Waals surface area contributed by atoms with Gasteiger partial charge in [-0.3, -0.25) is 0 Å². The SMILES string of the molecule is CCCCCCCCC=CCCCCCCCCC1=C(C2(CCCC)C=CCCC2)CCCC1. The molecule has 0 radical (unpaired) electrons. The van der Waals surface area contributed by atoms with Crippen molar-refractivity contribution in [2.45, 2.75) is 174 Å². The van der Waals surface area contributed by atoms with E-state index in [0.717, 1.165) is 0 Å². The van der Waals surface area contributed by atoms with Gasteiger partial charge in [0.1, 0.15) is 0 Å². The molecule has 0 saturated heterocycles. The summed E-state index contributed by atoms with van der Waals surface area (Å²) in [6, 6.07) is 0. The number of hydrogen-bond donors (Lipinski definition) is 0. The van der Waals surface area contributed by atoms with Crippen molar-refractivity contribution >= 4 is 0 Å². The van der Waals surface area contributed by atoms with Gasteiger partial charge >= 0.3 is 0 Å². The van der Waals surface area contributed by atoms with Crippen LogP contribution in [0.15, 0.2) is 35.5 Å². The van der Waals surface area contributed by atoms with Gasteiger partial charge in [0.05, 0.1) is 0 Å². The molecule has 0 fully saturated rings. The van der Waals surface area contributed by atoms with Crippen molar-refractivity contribution in [3.05, 3.63) is 35.5 Å². The van der Waals surface area contributed by atoms with Gasteiger partial charge in [0.25, 0.3) is 0 Å². The summed E-state index contributed by atoms with van der Waals surface area (Å²) in [6.45, 7) is 4.66. The van der Waals surface area contributed by atoms with Gasteiger partial charge in [0, 0.05) is 5.41 Å². The van der Waals surface area contributed by atoms with Crippen LogP contribution >= 0.6 is 0 Å². The standard InChI is InChI=1S/C34H60/c1-3-5-7-8-9-10-11-12-13-14-15-16-17-18-19-21-26-32-27-22-23-28-33(32)34(29-6-4-2)30-24-20-25-31-34/h12-13,24,30H,3-11,14-23,25-29,31H2,1-2H3. The molecule has 34 heavy (non-hydrogen) atoms. The van der Waals surface area contributed by atoms with Crippen LogP contribution in [0.25, 0.3) is 0 Å². The Labute approximate surface area is 215 Å². The average Bonchev–Trinajstić information content (AvgIpc) is 2.88. The summed E-state index contributed by atoms with van der Waals surface area (Å²) >= 11 is 0. The van der Waals surface area contributed by atoms with E-state index < -0.39 is 0 Å². The Bertz CT molecular complexity index is 577. The second-order valence-electron chi connectivity index (χ2n) is 11.5. The van der Waals surface area contributed by atoms with E-state index in [1.54, 1.807) is 0 Å². The lowest BCUT2D eigenvalue weighted by molar-refractivity contribution is 0.328. The van der Waals surface area contributed by atoms with E-state index in [-0.39, 0.29) is 0 Å². The molecule has 0 spiro atoms. The van der Waals surface area contributed by atoms with E-state index in [2.05, 4.69) is 38.2 Å². The highest BCUT2D eigenvalue weighted by Gasteiger charge is 2.34. The number of unbranched alkanes of at least 4 members (excludes halogenated alkanes) is 13. The third-order valence-corrected chi connectivity index (χ3v) is 8.58.